The van der Waals surface area contributed by atoms with Crippen molar-refractivity contribution in [3.8, 4) is 0 Å². The molecule has 1 aliphatic heterocycles. The Balaban J connectivity index is 1.80. The number of thioether (sulfide) groups is 1. The number of benzene rings is 1. The maximum atomic E-state index is 13.0. The molecule has 1 atom stereocenters. The Labute approximate surface area is 118 Å². The lowest BCUT2D eigenvalue weighted by Crippen LogP contribution is -2.41. The van der Waals surface area contributed by atoms with Crippen molar-refractivity contribution in [3.63, 3.8) is 0 Å². The number of halogens is 2. The van der Waals surface area contributed by atoms with Gasteiger partial charge in [-0.3, -0.25) is 0 Å². The molecule has 0 amide bonds. The van der Waals surface area contributed by atoms with E-state index in [4.69, 9.17) is 0 Å². The van der Waals surface area contributed by atoms with E-state index in [1.165, 1.54) is 17.9 Å². The second-order valence-electron chi connectivity index (χ2n) is 6.06. The van der Waals surface area contributed by atoms with E-state index in [2.05, 4.69) is 19.2 Å². The molecule has 1 aromatic rings. The van der Waals surface area contributed by atoms with Crippen LogP contribution in [0.1, 0.15) is 25.8 Å². The number of hydrogen-bond acceptors (Lipinski definition) is 2. The van der Waals surface area contributed by atoms with Gasteiger partial charge in [-0.25, -0.2) is 8.78 Å². The van der Waals surface area contributed by atoms with E-state index in [1.807, 2.05) is 11.8 Å². The van der Waals surface area contributed by atoms with E-state index in [1.54, 1.807) is 0 Å². The van der Waals surface area contributed by atoms with E-state index in [-0.39, 0.29) is 0 Å². The van der Waals surface area contributed by atoms with Crippen LogP contribution in [0, 0.1) is 17.0 Å². The van der Waals surface area contributed by atoms with Crippen molar-refractivity contribution < 1.29 is 8.78 Å². The Morgan fingerprint density at radius 2 is 1.95 bits per heavy atom. The highest BCUT2D eigenvalue weighted by Crippen LogP contribution is 2.33. The van der Waals surface area contributed by atoms with Gasteiger partial charge in [0.1, 0.15) is 11.6 Å². The molecule has 0 aromatic heterocycles. The lowest BCUT2D eigenvalue weighted by molar-refractivity contribution is 0.319. The van der Waals surface area contributed by atoms with Crippen LogP contribution < -0.4 is 5.32 Å². The van der Waals surface area contributed by atoms with Gasteiger partial charge in [0.25, 0.3) is 0 Å². The molecule has 0 spiro atoms. The number of hydrogen-bond donors (Lipinski definition) is 1. The lowest BCUT2D eigenvalue weighted by Gasteiger charge is -2.35. The van der Waals surface area contributed by atoms with E-state index in [0.29, 0.717) is 23.4 Å². The lowest BCUT2D eigenvalue weighted by atomic mass is 9.88. The molecule has 1 nitrogen and oxygen atoms in total. The van der Waals surface area contributed by atoms with Crippen molar-refractivity contribution in [2.75, 3.05) is 18.1 Å². The van der Waals surface area contributed by atoms with Crippen LogP contribution in [-0.4, -0.2) is 24.1 Å². The summed E-state index contributed by atoms with van der Waals surface area (Å²) in [6, 6.07) is 4.23. The second-order valence-corrected chi connectivity index (χ2v) is 7.09. The largest absolute Gasteiger partial charge is 0.313 e. The highest BCUT2D eigenvalue weighted by molar-refractivity contribution is 7.99. The Bertz CT molecular complexity index is 414. The first-order valence-electron chi connectivity index (χ1n) is 6.71. The van der Waals surface area contributed by atoms with Crippen LogP contribution in [-0.2, 0) is 6.42 Å². The van der Waals surface area contributed by atoms with Crippen LogP contribution >= 0.6 is 11.8 Å². The standard InChI is InChI=1S/C15H21F2NS/c1-15(2)8-14(9-19-10-15)18-4-3-11-5-12(16)7-13(17)6-11/h5-7,14,18H,3-4,8-10H2,1-2H3. The van der Waals surface area contributed by atoms with Gasteiger partial charge in [-0.2, -0.15) is 11.8 Å². The normalized spacial score (nSPS) is 22.4. The third kappa shape index (κ3) is 4.77. The third-order valence-corrected chi connectivity index (χ3v) is 5.00. The molecule has 1 aromatic carbocycles. The average Bonchev–Trinajstić information content (AvgIpc) is 2.26. The van der Waals surface area contributed by atoms with Gasteiger partial charge in [-0.1, -0.05) is 13.8 Å². The summed E-state index contributed by atoms with van der Waals surface area (Å²) < 4.78 is 26.1. The highest BCUT2D eigenvalue weighted by atomic mass is 32.2. The van der Waals surface area contributed by atoms with Gasteiger partial charge in [0.2, 0.25) is 0 Å². The zero-order chi connectivity index (χ0) is 13.9. The molecule has 1 N–H and O–H groups in total. The van der Waals surface area contributed by atoms with Gasteiger partial charge in [0, 0.05) is 17.9 Å². The summed E-state index contributed by atoms with van der Waals surface area (Å²) in [7, 11) is 0. The highest BCUT2D eigenvalue weighted by Gasteiger charge is 2.27. The van der Waals surface area contributed by atoms with Crippen molar-refractivity contribution in [2.24, 2.45) is 5.41 Å². The minimum atomic E-state index is -0.496. The summed E-state index contributed by atoms with van der Waals surface area (Å²) >= 11 is 1.98. The molecule has 1 fully saturated rings. The first-order valence-corrected chi connectivity index (χ1v) is 7.86. The van der Waals surface area contributed by atoms with E-state index >= 15 is 0 Å². The first-order chi connectivity index (χ1) is 8.94. The minimum absolute atomic E-state index is 0.381. The summed E-state index contributed by atoms with van der Waals surface area (Å²) in [6.07, 6.45) is 1.83. The van der Waals surface area contributed by atoms with Crippen molar-refractivity contribution in [1.29, 1.82) is 0 Å². The molecule has 0 saturated carbocycles. The second kappa shape index (κ2) is 6.23. The topological polar surface area (TPSA) is 12.0 Å². The third-order valence-electron chi connectivity index (χ3n) is 3.38. The molecule has 1 unspecified atom stereocenters. The van der Waals surface area contributed by atoms with Crippen molar-refractivity contribution in [1.82, 2.24) is 5.32 Å². The minimum Gasteiger partial charge on any atom is -0.313 e. The number of nitrogens with one attached hydrogen (secondary N) is 1. The van der Waals surface area contributed by atoms with Gasteiger partial charge in [-0.05, 0) is 48.3 Å². The molecular formula is C15H21F2NS. The molecule has 0 aliphatic carbocycles. The molecule has 2 rings (SSSR count). The predicted octanol–water partition coefficient (Wildman–Crippen LogP) is 3.63. The monoisotopic (exact) mass is 285 g/mol. The van der Waals surface area contributed by atoms with Crippen molar-refractivity contribution >= 4 is 11.8 Å². The predicted molar refractivity (Wildman–Crippen MR) is 77.6 cm³/mol. The van der Waals surface area contributed by atoms with Gasteiger partial charge >= 0.3 is 0 Å². The smallest absolute Gasteiger partial charge is 0.126 e. The molecule has 1 aliphatic rings. The molecule has 1 saturated heterocycles. The van der Waals surface area contributed by atoms with E-state index in [0.717, 1.165) is 24.8 Å². The maximum Gasteiger partial charge on any atom is 0.126 e. The Morgan fingerprint density at radius 1 is 1.26 bits per heavy atom. The Morgan fingerprint density at radius 3 is 2.58 bits per heavy atom. The zero-order valence-corrected chi connectivity index (χ0v) is 12.3. The van der Waals surface area contributed by atoms with Crippen LogP contribution in [0.15, 0.2) is 18.2 Å². The summed E-state index contributed by atoms with van der Waals surface area (Å²) in [6.45, 7) is 5.34. The van der Waals surface area contributed by atoms with Crippen molar-refractivity contribution in [3.05, 3.63) is 35.4 Å². The maximum absolute atomic E-state index is 13.0. The summed E-state index contributed by atoms with van der Waals surface area (Å²) in [4.78, 5) is 0. The van der Waals surface area contributed by atoms with Gasteiger partial charge in [0.05, 0.1) is 0 Å². The average molecular weight is 285 g/mol. The van der Waals surface area contributed by atoms with Crippen LogP contribution in [0.5, 0.6) is 0 Å². The Hall–Kier alpha value is -0.610. The summed E-state index contributed by atoms with van der Waals surface area (Å²) in [5.41, 5.74) is 1.10. The van der Waals surface area contributed by atoms with Crippen molar-refractivity contribution in [2.45, 2.75) is 32.7 Å². The first kappa shape index (κ1) is 14.8. The van der Waals surface area contributed by atoms with Crippen LogP contribution in [0.4, 0.5) is 8.78 Å². The molecule has 4 heteroatoms. The fraction of sp³-hybridized carbons (Fsp3) is 0.600. The fourth-order valence-electron chi connectivity index (χ4n) is 2.57. The van der Waals surface area contributed by atoms with E-state index < -0.39 is 11.6 Å². The molecule has 0 radical (unpaired) electrons. The fourth-order valence-corrected chi connectivity index (χ4v) is 3.88. The van der Waals surface area contributed by atoms with Gasteiger partial charge < -0.3 is 5.32 Å². The molecular weight excluding hydrogens is 264 g/mol. The van der Waals surface area contributed by atoms with Crippen LogP contribution in [0.2, 0.25) is 0 Å². The zero-order valence-electron chi connectivity index (χ0n) is 11.5. The van der Waals surface area contributed by atoms with Crippen LogP contribution in [0.3, 0.4) is 0 Å². The SMILES string of the molecule is CC1(C)CSCC(NCCc2cc(F)cc(F)c2)C1. The molecule has 106 valence electrons. The molecule has 0 bridgehead atoms. The quantitative estimate of drug-likeness (QED) is 0.906. The summed E-state index contributed by atoms with van der Waals surface area (Å²) in [5, 5.41) is 3.50. The molecule has 1 heterocycles. The number of rotatable bonds is 4. The van der Waals surface area contributed by atoms with E-state index in [9.17, 15) is 8.78 Å². The Kier molecular flexibility index (Phi) is 4.85. The molecule has 19 heavy (non-hydrogen) atoms. The summed E-state index contributed by atoms with van der Waals surface area (Å²) in [5.74, 6) is 1.34. The van der Waals surface area contributed by atoms with Crippen LogP contribution in [0.25, 0.3) is 0 Å². The van der Waals surface area contributed by atoms with Gasteiger partial charge in [-0.15, -0.1) is 0 Å². The van der Waals surface area contributed by atoms with Gasteiger partial charge in [0.15, 0.2) is 0 Å².